The molecule has 12 heteroatoms. The van der Waals surface area contributed by atoms with E-state index in [1.165, 1.54) is 0 Å². The Bertz CT molecular complexity index is 1970. The van der Waals surface area contributed by atoms with Gasteiger partial charge in [-0.15, -0.1) is 5.10 Å². The zero-order valence-corrected chi connectivity index (χ0v) is 23.0. The highest BCUT2D eigenvalue weighted by molar-refractivity contribution is 5.77. The van der Waals surface area contributed by atoms with Crippen molar-refractivity contribution < 1.29 is 14.0 Å². The molecule has 0 bridgehead atoms. The molecule has 6 aromatic rings. The molecule has 0 spiro atoms. The van der Waals surface area contributed by atoms with Crippen molar-refractivity contribution in [3.8, 4) is 34.0 Å². The van der Waals surface area contributed by atoms with Crippen molar-refractivity contribution in [2.24, 2.45) is 0 Å². The van der Waals surface area contributed by atoms with Crippen LogP contribution in [0.4, 0.5) is 0 Å². The van der Waals surface area contributed by atoms with E-state index in [1.807, 2.05) is 67.6 Å². The lowest BCUT2D eigenvalue weighted by Crippen LogP contribution is -2.12. The summed E-state index contributed by atoms with van der Waals surface area (Å²) in [7, 11) is 1.62. The van der Waals surface area contributed by atoms with Gasteiger partial charge in [0.25, 0.3) is 5.56 Å². The van der Waals surface area contributed by atoms with Crippen molar-refractivity contribution in [3.05, 3.63) is 105 Å². The monoisotopic (exact) mass is 565 g/mol. The number of nitrogens with one attached hydrogen (secondary N) is 2. The summed E-state index contributed by atoms with van der Waals surface area (Å²) in [6, 6.07) is 21.5. The minimum Gasteiger partial charge on any atom is -0.497 e. The molecule has 212 valence electrons. The van der Waals surface area contributed by atoms with Crippen molar-refractivity contribution in [1.29, 1.82) is 0 Å². The molecule has 6 rings (SSSR count). The van der Waals surface area contributed by atoms with Gasteiger partial charge in [-0.05, 0) is 59.9 Å². The number of methoxy groups -OCH3 is 1. The van der Waals surface area contributed by atoms with E-state index in [-0.39, 0.29) is 11.1 Å². The lowest BCUT2D eigenvalue weighted by Gasteiger charge is -2.13. The highest BCUT2D eigenvalue weighted by atomic mass is 16.5. The molecule has 3 heterocycles. The molecule has 0 saturated carbocycles. The zero-order chi connectivity index (χ0) is 29.1. The molecule has 2 N–H and O–H groups in total. The lowest BCUT2D eigenvalue weighted by atomic mass is 9.99. The van der Waals surface area contributed by atoms with Gasteiger partial charge in [0.05, 0.1) is 25.8 Å². The maximum Gasteiger partial charge on any atom is 0.438 e. The molecule has 0 unspecified atom stereocenters. The van der Waals surface area contributed by atoms with Gasteiger partial charge in [-0.1, -0.05) is 52.8 Å². The number of aryl methyl sites for hydroxylation is 2. The van der Waals surface area contributed by atoms with E-state index in [0.29, 0.717) is 54.6 Å². The fourth-order valence-corrected chi connectivity index (χ4v) is 4.71. The first kappa shape index (κ1) is 26.7. The predicted octanol–water partition coefficient (Wildman–Crippen LogP) is 3.77. The average molecular weight is 566 g/mol. The largest absolute Gasteiger partial charge is 0.497 e. The molecule has 12 nitrogen and oxygen atoms in total. The van der Waals surface area contributed by atoms with Crippen LogP contribution in [0.25, 0.3) is 33.7 Å². The van der Waals surface area contributed by atoms with Gasteiger partial charge in [0, 0.05) is 6.42 Å². The average Bonchev–Trinajstić information content (AvgIpc) is 3.62. The van der Waals surface area contributed by atoms with E-state index < -0.39 is 5.76 Å². The Morgan fingerprint density at radius 1 is 0.929 bits per heavy atom. The summed E-state index contributed by atoms with van der Waals surface area (Å²) in [5.74, 6) is 1.64. The van der Waals surface area contributed by atoms with Crippen LogP contribution < -0.4 is 20.8 Å². The second-order valence-electron chi connectivity index (χ2n) is 9.57. The summed E-state index contributed by atoms with van der Waals surface area (Å²) in [6.45, 7) is 2.71. The van der Waals surface area contributed by atoms with Crippen molar-refractivity contribution in [2.75, 3.05) is 13.7 Å². The van der Waals surface area contributed by atoms with Crippen LogP contribution in [0.5, 0.6) is 11.5 Å². The normalized spacial score (nSPS) is 11.2. The van der Waals surface area contributed by atoms with E-state index in [4.69, 9.17) is 14.5 Å². The molecular weight excluding hydrogens is 538 g/mol. The summed E-state index contributed by atoms with van der Waals surface area (Å²) in [4.78, 5) is 34.4. The first-order valence-electron chi connectivity index (χ1n) is 13.4. The molecule has 0 radical (unpaired) electrons. The molecule has 0 amide bonds. The highest BCUT2D eigenvalue weighted by Gasteiger charge is 2.17. The Morgan fingerprint density at radius 2 is 1.76 bits per heavy atom. The maximum atomic E-state index is 13.0. The van der Waals surface area contributed by atoms with Gasteiger partial charge in [-0.3, -0.25) is 14.3 Å². The lowest BCUT2D eigenvalue weighted by molar-refractivity contribution is 0.341. The minimum atomic E-state index is -0.560. The number of fused-ring (bicyclic) bond motifs is 1. The Morgan fingerprint density at radius 3 is 2.52 bits per heavy atom. The highest BCUT2D eigenvalue weighted by Crippen LogP contribution is 2.33. The first-order chi connectivity index (χ1) is 20.5. The fourth-order valence-electron chi connectivity index (χ4n) is 4.71. The third-order valence-corrected chi connectivity index (χ3v) is 6.80. The maximum absolute atomic E-state index is 13.0. The van der Waals surface area contributed by atoms with Gasteiger partial charge >= 0.3 is 5.76 Å². The van der Waals surface area contributed by atoms with Gasteiger partial charge in [0.2, 0.25) is 0 Å². The summed E-state index contributed by atoms with van der Waals surface area (Å²) in [5.41, 5.74) is 4.76. The number of hydrogen-bond donors (Lipinski definition) is 2. The molecular formula is C30H27N7O5. The van der Waals surface area contributed by atoms with Crippen LogP contribution in [0.3, 0.4) is 0 Å². The van der Waals surface area contributed by atoms with Crippen LogP contribution in [-0.4, -0.2) is 48.8 Å². The van der Waals surface area contributed by atoms with Gasteiger partial charge in [-0.2, -0.15) is 0 Å². The molecule has 3 aromatic carbocycles. The summed E-state index contributed by atoms with van der Waals surface area (Å²) >= 11 is 0. The van der Waals surface area contributed by atoms with Crippen LogP contribution in [0.2, 0.25) is 0 Å². The molecule has 0 aliphatic carbocycles. The van der Waals surface area contributed by atoms with Crippen LogP contribution in [-0.2, 0) is 19.4 Å². The van der Waals surface area contributed by atoms with E-state index in [0.717, 1.165) is 28.0 Å². The minimum absolute atomic E-state index is 0.161. The van der Waals surface area contributed by atoms with Crippen LogP contribution in [0.1, 0.15) is 23.9 Å². The third kappa shape index (κ3) is 5.55. The van der Waals surface area contributed by atoms with Crippen molar-refractivity contribution in [2.45, 2.75) is 26.3 Å². The van der Waals surface area contributed by atoms with Crippen molar-refractivity contribution in [1.82, 2.24) is 35.1 Å². The second kappa shape index (κ2) is 11.5. The molecule has 0 aliphatic rings. The van der Waals surface area contributed by atoms with E-state index >= 15 is 0 Å². The third-order valence-electron chi connectivity index (χ3n) is 6.80. The molecule has 0 saturated heterocycles. The molecule has 3 aromatic heterocycles. The predicted molar refractivity (Wildman–Crippen MR) is 155 cm³/mol. The topological polar surface area (TPSA) is 154 Å². The Kier molecular flexibility index (Phi) is 7.33. The van der Waals surface area contributed by atoms with Crippen molar-refractivity contribution >= 4 is 11.2 Å². The number of nitrogens with zero attached hydrogens (tertiary/aromatic N) is 5. The smallest absolute Gasteiger partial charge is 0.438 e. The fraction of sp³-hybridized carbons (Fsp3) is 0.200. The summed E-state index contributed by atoms with van der Waals surface area (Å²) < 4.78 is 17.4. The second-order valence-corrected chi connectivity index (χ2v) is 9.57. The van der Waals surface area contributed by atoms with Crippen LogP contribution in [0, 0.1) is 0 Å². The molecule has 0 fully saturated rings. The van der Waals surface area contributed by atoms with Crippen LogP contribution >= 0.6 is 0 Å². The van der Waals surface area contributed by atoms with E-state index in [9.17, 15) is 9.59 Å². The van der Waals surface area contributed by atoms with Gasteiger partial charge < -0.3 is 14.5 Å². The van der Waals surface area contributed by atoms with E-state index in [2.05, 4.69) is 36.0 Å². The number of aromatic nitrogens is 7. The molecule has 42 heavy (non-hydrogen) atoms. The quantitative estimate of drug-likeness (QED) is 0.253. The standard InChI is InChI=1S/C30H27N7O5/c1-3-41-24-16-21(20-6-4-5-18(15-20)9-14-25-31-30(39)42-35-25)10-13-23(24)27-32-28-26(29(38)33-27)34-36-37(28)17-19-7-11-22(40-2)12-8-19/h4-8,10-13,15-16H,3,9,14,17H2,1-2H3,(H,31,35,39)(H,32,33,38). The zero-order valence-electron chi connectivity index (χ0n) is 23.0. The Labute approximate surface area is 239 Å². The van der Waals surface area contributed by atoms with Gasteiger partial charge in [0.1, 0.15) is 17.3 Å². The number of aromatic amines is 2. The van der Waals surface area contributed by atoms with Crippen LogP contribution in [0.15, 0.2) is 80.8 Å². The first-order valence-corrected chi connectivity index (χ1v) is 13.4. The SMILES string of the molecule is CCOc1cc(-c2cccc(CCc3noc(=O)[nH]3)c2)ccc1-c1nc2c(nnn2Cc2ccc(OC)cc2)c(=O)[nH]1. The number of rotatable bonds is 10. The van der Waals surface area contributed by atoms with Gasteiger partial charge in [0.15, 0.2) is 17.0 Å². The number of benzene rings is 3. The summed E-state index contributed by atoms with van der Waals surface area (Å²) in [5, 5.41) is 12.0. The number of H-pyrrole nitrogens is 2. The molecule has 0 aliphatic heterocycles. The number of ether oxygens (including phenoxy) is 2. The molecule has 0 atom stereocenters. The van der Waals surface area contributed by atoms with Crippen molar-refractivity contribution in [3.63, 3.8) is 0 Å². The Hall–Kier alpha value is -5.52. The Balaban J connectivity index is 1.31. The number of hydrogen-bond acceptors (Lipinski definition) is 9. The van der Waals surface area contributed by atoms with Gasteiger partial charge in [-0.25, -0.2) is 14.5 Å². The van der Waals surface area contributed by atoms with E-state index in [1.54, 1.807) is 11.8 Å². The summed E-state index contributed by atoms with van der Waals surface area (Å²) in [6.07, 6.45) is 1.22.